The number of carbonyl (C=O) groups excluding carboxylic acids is 2. The number of hydrogen-bond acceptors (Lipinski definition) is 5. The van der Waals surface area contributed by atoms with E-state index in [-0.39, 0.29) is 17.9 Å². The van der Waals surface area contributed by atoms with E-state index >= 15 is 0 Å². The molecule has 3 aromatic rings. The molecule has 6 nitrogen and oxygen atoms in total. The average molecular weight is 385 g/mol. The molecule has 1 saturated heterocycles. The minimum atomic E-state index is -0.731. The van der Waals surface area contributed by atoms with Crippen molar-refractivity contribution in [3.8, 4) is 0 Å². The number of hydrogen-bond donors (Lipinski definition) is 1. The molecule has 1 fully saturated rings. The van der Waals surface area contributed by atoms with Crippen molar-refractivity contribution < 1.29 is 14.7 Å². The van der Waals surface area contributed by atoms with Crippen LogP contribution < -0.4 is 0 Å². The molecule has 0 aliphatic carbocycles. The van der Waals surface area contributed by atoms with Gasteiger partial charge in [-0.05, 0) is 30.2 Å². The Labute approximate surface area is 168 Å². The van der Waals surface area contributed by atoms with Crippen LogP contribution >= 0.6 is 0 Å². The van der Waals surface area contributed by atoms with Crippen molar-refractivity contribution in [1.29, 1.82) is 0 Å². The second-order valence-electron chi connectivity index (χ2n) is 6.94. The van der Waals surface area contributed by atoms with Crippen molar-refractivity contribution in [2.24, 2.45) is 0 Å². The summed E-state index contributed by atoms with van der Waals surface area (Å²) in [4.78, 5) is 35.5. The van der Waals surface area contributed by atoms with Crippen LogP contribution in [0.15, 0.2) is 78.9 Å². The zero-order chi connectivity index (χ0) is 20.4. The third kappa shape index (κ3) is 3.52. The van der Waals surface area contributed by atoms with Crippen molar-refractivity contribution in [2.45, 2.75) is 19.5 Å². The largest absolute Gasteiger partial charge is 0.507 e. The Morgan fingerprint density at radius 2 is 1.69 bits per heavy atom. The van der Waals surface area contributed by atoms with Crippen molar-refractivity contribution in [3.63, 3.8) is 0 Å². The van der Waals surface area contributed by atoms with Gasteiger partial charge in [-0.1, -0.05) is 42.0 Å². The van der Waals surface area contributed by atoms with Crippen molar-refractivity contribution in [3.05, 3.63) is 101 Å². The van der Waals surface area contributed by atoms with Crippen LogP contribution in [0.4, 0.5) is 0 Å². The highest BCUT2D eigenvalue weighted by atomic mass is 16.3. The fraction of sp³-hybridized carbons (Fsp3) is 0.130. The van der Waals surface area contributed by atoms with Gasteiger partial charge in [0.25, 0.3) is 11.7 Å². The first-order valence-electron chi connectivity index (χ1n) is 9.20. The molecule has 1 aromatic carbocycles. The topological polar surface area (TPSA) is 83.4 Å². The molecule has 144 valence electrons. The molecular formula is C23H19N3O3. The standard InChI is InChI=1S/C23H19N3O3/c1-15-6-8-17(9-7-15)21(27)19-20(18-5-3-11-25-13-18)26(23(29)22(19)28)14-16-4-2-10-24-12-16/h2-13,20,27H,14H2,1H3/t20-/m0/s1. The number of benzene rings is 1. The number of ketones is 1. The number of nitrogens with zero attached hydrogens (tertiary/aromatic N) is 3. The summed E-state index contributed by atoms with van der Waals surface area (Å²) in [6.07, 6.45) is 6.53. The molecular weight excluding hydrogens is 366 g/mol. The van der Waals surface area contributed by atoms with Crippen LogP contribution in [0.1, 0.15) is 28.3 Å². The molecule has 6 heteroatoms. The minimum absolute atomic E-state index is 0.0655. The van der Waals surface area contributed by atoms with Gasteiger partial charge in [-0.3, -0.25) is 19.6 Å². The van der Waals surface area contributed by atoms with Crippen LogP contribution in [-0.4, -0.2) is 31.7 Å². The van der Waals surface area contributed by atoms with E-state index in [0.717, 1.165) is 11.1 Å². The number of aliphatic hydroxyl groups is 1. The summed E-state index contributed by atoms with van der Waals surface area (Å²) >= 11 is 0. The third-order valence-electron chi connectivity index (χ3n) is 4.94. The number of aryl methyl sites for hydroxylation is 1. The summed E-state index contributed by atoms with van der Waals surface area (Å²) in [6.45, 7) is 2.13. The first-order chi connectivity index (χ1) is 14.1. The Bertz CT molecular complexity index is 1080. The molecule has 1 amide bonds. The molecule has 3 heterocycles. The Balaban J connectivity index is 1.85. The van der Waals surface area contributed by atoms with E-state index < -0.39 is 17.7 Å². The van der Waals surface area contributed by atoms with Gasteiger partial charge < -0.3 is 10.0 Å². The van der Waals surface area contributed by atoms with Crippen LogP contribution in [0.2, 0.25) is 0 Å². The monoisotopic (exact) mass is 385 g/mol. The van der Waals surface area contributed by atoms with E-state index in [0.29, 0.717) is 11.1 Å². The van der Waals surface area contributed by atoms with Gasteiger partial charge in [0.15, 0.2) is 0 Å². The highest BCUT2D eigenvalue weighted by Gasteiger charge is 2.46. The maximum absolute atomic E-state index is 12.9. The second-order valence-corrected chi connectivity index (χ2v) is 6.94. The van der Waals surface area contributed by atoms with E-state index in [1.165, 1.54) is 4.90 Å². The van der Waals surface area contributed by atoms with Gasteiger partial charge in [0.05, 0.1) is 11.6 Å². The number of carbonyl (C=O) groups is 2. The first kappa shape index (κ1) is 18.6. The quantitative estimate of drug-likeness (QED) is 0.423. The van der Waals surface area contributed by atoms with Gasteiger partial charge in [0, 0.05) is 36.9 Å². The van der Waals surface area contributed by atoms with Crippen LogP contribution in [0.25, 0.3) is 5.76 Å². The van der Waals surface area contributed by atoms with Gasteiger partial charge in [0.1, 0.15) is 5.76 Å². The summed E-state index contributed by atoms with van der Waals surface area (Å²) in [5.41, 5.74) is 3.03. The Hall–Kier alpha value is -3.80. The average Bonchev–Trinajstić information content (AvgIpc) is 3.00. The fourth-order valence-corrected chi connectivity index (χ4v) is 3.48. The lowest BCUT2D eigenvalue weighted by Gasteiger charge is -2.25. The van der Waals surface area contributed by atoms with Crippen molar-refractivity contribution in [2.75, 3.05) is 0 Å². The zero-order valence-electron chi connectivity index (χ0n) is 15.8. The predicted octanol–water partition coefficient (Wildman–Crippen LogP) is 3.41. The molecule has 2 aromatic heterocycles. The SMILES string of the molecule is Cc1ccc(C(O)=C2C(=O)C(=O)N(Cc3cccnc3)[C@H]2c2cccnc2)cc1. The van der Waals surface area contributed by atoms with Gasteiger partial charge in [0.2, 0.25) is 0 Å². The maximum atomic E-state index is 12.9. The summed E-state index contributed by atoms with van der Waals surface area (Å²) < 4.78 is 0. The lowest BCUT2D eigenvalue weighted by Crippen LogP contribution is -2.29. The number of rotatable bonds is 4. The Morgan fingerprint density at radius 3 is 2.31 bits per heavy atom. The lowest BCUT2D eigenvalue weighted by atomic mass is 9.96. The number of likely N-dealkylation sites (tertiary alicyclic amines) is 1. The summed E-state index contributed by atoms with van der Waals surface area (Å²) in [7, 11) is 0. The molecule has 1 aliphatic heterocycles. The third-order valence-corrected chi connectivity index (χ3v) is 4.94. The molecule has 0 bridgehead atoms. The maximum Gasteiger partial charge on any atom is 0.295 e. The first-order valence-corrected chi connectivity index (χ1v) is 9.20. The molecule has 0 saturated carbocycles. The number of Topliss-reactive ketones (excluding diaryl/α,β-unsaturated/α-hetero) is 1. The zero-order valence-corrected chi connectivity index (χ0v) is 15.8. The summed E-state index contributed by atoms with van der Waals surface area (Å²) in [6, 6.07) is 13.6. The molecule has 1 N–H and O–H groups in total. The van der Waals surface area contributed by atoms with Crippen LogP contribution in [0.5, 0.6) is 0 Å². The summed E-state index contributed by atoms with van der Waals surface area (Å²) in [5.74, 6) is -1.55. The highest BCUT2D eigenvalue weighted by molar-refractivity contribution is 6.46. The molecule has 0 unspecified atom stereocenters. The van der Waals surface area contributed by atoms with Gasteiger partial charge in [-0.25, -0.2) is 0 Å². The van der Waals surface area contributed by atoms with Crippen LogP contribution in [-0.2, 0) is 16.1 Å². The normalized spacial score (nSPS) is 18.2. The van der Waals surface area contributed by atoms with Crippen molar-refractivity contribution in [1.82, 2.24) is 14.9 Å². The van der Waals surface area contributed by atoms with E-state index in [1.807, 2.05) is 25.1 Å². The Morgan fingerprint density at radius 1 is 1.00 bits per heavy atom. The van der Waals surface area contributed by atoms with Crippen LogP contribution in [0.3, 0.4) is 0 Å². The molecule has 4 rings (SSSR count). The molecule has 0 radical (unpaired) electrons. The van der Waals surface area contributed by atoms with Crippen LogP contribution in [0, 0.1) is 6.92 Å². The van der Waals surface area contributed by atoms with Crippen molar-refractivity contribution >= 4 is 17.4 Å². The van der Waals surface area contributed by atoms with Gasteiger partial charge in [-0.2, -0.15) is 0 Å². The molecule has 0 spiro atoms. The smallest absolute Gasteiger partial charge is 0.295 e. The number of aliphatic hydroxyl groups excluding tert-OH is 1. The lowest BCUT2D eigenvalue weighted by molar-refractivity contribution is -0.140. The number of amides is 1. The predicted molar refractivity (Wildman–Crippen MR) is 107 cm³/mol. The number of aromatic nitrogens is 2. The minimum Gasteiger partial charge on any atom is -0.507 e. The number of pyridine rings is 2. The molecule has 1 aliphatic rings. The van der Waals surface area contributed by atoms with Gasteiger partial charge in [-0.15, -0.1) is 0 Å². The molecule has 29 heavy (non-hydrogen) atoms. The second kappa shape index (κ2) is 7.67. The van der Waals surface area contributed by atoms with E-state index in [9.17, 15) is 14.7 Å². The molecule has 1 atom stereocenters. The summed E-state index contributed by atoms with van der Waals surface area (Å²) in [5, 5.41) is 11.0. The van der Waals surface area contributed by atoms with E-state index in [1.54, 1.807) is 55.1 Å². The Kier molecular flexibility index (Phi) is 4.91. The highest BCUT2D eigenvalue weighted by Crippen LogP contribution is 2.39. The van der Waals surface area contributed by atoms with Gasteiger partial charge >= 0.3 is 0 Å². The van der Waals surface area contributed by atoms with E-state index in [2.05, 4.69) is 9.97 Å². The fourth-order valence-electron chi connectivity index (χ4n) is 3.48. The van der Waals surface area contributed by atoms with E-state index in [4.69, 9.17) is 0 Å².